The topological polar surface area (TPSA) is 78.9 Å². The fourth-order valence-corrected chi connectivity index (χ4v) is 7.89. The van der Waals surface area contributed by atoms with Crippen LogP contribution in [0.1, 0.15) is 290 Å². The molecule has 6 nitrogen and oxygen atoms in total. The predicted molar refractivity (Wildman–Crippen MR) is 261 cm³/mol. The Bertz CT molecular complexity index is 989. The predicted octanol–water partition coefficient (Wildman–Crippen LogP) is 17.5. The molecule has 0 rings (SSSR count). The smallest absolute Gasteiger partial charge is 0.306 e. The van der Waals surface area contributed by atoms with Gasteiger partial charge in [0.05, 0.1) is 0 Å². The molecule has 6 heteroatoms. The molecule has 0 heterocycles. The Morgan fingerprint density at radius 2 is 0.590 bits per heavy atom. The Morgan fingerprint density at radius 1 is 0.328 bits per heavy atom. The molecule has 0 N–H and O–H groups in total. The highest BCUT2D eigenvalue weighted by Gasteiger charge is 2.19. The van der Waals surface area contributed by atoms with E-state index in [4.69, 9.17) is 14.2 Å². The van der Waals surface area contributed by atoms with Gasteiger partial charge >= 0.3 is 17.9 Å². The minimum Gasteiger partial charge on any atom is -0.462 e. The summed E-state index contributed by atoms with van der Waals surface area (Å²) in [5, 5.41) is 0. The molecule has 0 bridgehead atoms. The first kappa shape index (κ1) is 58.9. The Balaban J connectivity index is 4.35. The van der Waals surface area contributed by atoms with E-state index in [0.29, 0.717) is 19.3 Å². The van der Waals surface area contributed by atoms with Crippen LogP contribution in [-0.4, -0.2) is 37.2 Å². The zero-order valence-corrected chi connectivity index (χ0v) is 40.9. The van der Waals surface area contributed by atoms with Crippen LogP contribution in [0.15, 0.2) is 24.3 Å². The van der Waals surface area contributed by atoms with Gasteiger partial charge in [0.15, 0.2) is 6.10 Å². The van der Waals surface area contributed by atoms with Gasteiger partial charge in [-0.25, -0.2) is 0 Å². The Kier molecular flexibility index (Phi) is 48.8. The molecule has 0 radical (unpaired) electrons. The molecular formula is C55H102O6. The van der Waals surface area contributed by atoms with Crippen molar-refractivity contribution in [2.45, 2.75) is 297 Å². The van der Waals surface area contributed by atoms with Gasteiger partial charge in [-0.05, 0) is 51.4 Å². The molecular weight excluding hydrogens is 757 g/mol. The second kappa shape index (κ2) is 50.5. The van der Waals surface area contributed by atoms with Gasteiger partial charge in [0.25, 0.3) is 0 Å². The van der Waals surface area contributed by atoms with Crippen LogP contribution in [0.4, 0.5) is 0 Å². The second-order valence-corrected chi connectivity index (χ2v) is 18.2. The molecule has 0 aromatic heterocycles. The normalized spacial score (nSPS) is 12.1. The van der Waals surface area contributed by atoms with E-state index in [2.05, 4.69) is 45.1 Å². The molecule has 358 valence electrons. The van der Waals surface area contributed by atoms with E-state index < -0.39 is 6.10 Å². The van der Waals surface area contributed by atoms with Crippen LogP contribution in [0.25, 0.3) is 0 Å². The van der Waals surface area contributed by atoms with Gasteiger partial charge < -0.3 is 14.2 Å². The molecule has 0 aromatic carbocycles. The lowest BCUT2D eigenvalue weighted by Gasteiger charge is -2.18. The minimum atomic E-state index is -0.770. The summed E-state index contributed by atoms with van der Waals surface area (Å²) in [7, 11) is 0. The molecule has 0 aliphatic heterocycles. The molecule has 0 aliphatic carbocycles. The quantitative estimate of drug-likeness (QED) is 0.0262. The molecule has 1 atom stereocenters. The van der Waals surface area contributed by atoms with Gasteiger partial charge in [-0.3, -0.25) is 14.4 Å². The van der Waals surface area contributed by atoms with Crippen molar-refractivity contribution in [2.24, 2.45) is 0 Å². The lowest BCUT2D eigenvalue weighted by Crippen LogP contribution is -2.30. The Hall–Kier alpha value is -2.11. The van der Waals surface area contributed by atoms with Crippen molar-refractivity contribution >= 4 is 17.9 Å². The van der Waals surface area contributed by atoms with Crippen molar-refractivity contribution in [3.05, 3.63) is 24.3 Å². The number of ether oxygens (including phenoxy) is 3. The van der Waals surface area contributed by atoms with E-state index in [1.807, 2.05) is 0 Å². The zero-order valence-electron chi connectivity index (χ0n) is 40.9. The number of hydrogen-bond acceptors (Lipinski definition) is 6. The molecule has 0 fully saturated rings. The molecule has 0 aliphatic rings. The average molecular weight is 859 g/mol. The van der Waals surface area contributed by atoms with E-state index in [1.165, 1.54) is 173 Å². The van der Waals surface area contributed by atoms with Crippen molar-refractivity contribution in [3.8, 4) is 0 Å². The van der Waals surface area contributed by atoms with E-state index in [0.717, 1.165) is 77.0 Å². The fourth-order valence-electron chi connectivity index (χ4n) is 7.89. The minimum absolute atomic E-state index is 0.0707. The molecule has 0 saturated carbocycles. The summed E-state index contributed by atoms with van der Waals surface area (Å²) in [6.07, 6.45) is 57.3. The van der Waals surface area contributed by atoms with Crippen molar-refractivity contribution in [2.75, 3.05) is 13.2 Å². The highest BCUT2D eigenvalue weighted by atomic mass is 16.6. The van der Waals surface area contributed by atoms with Crippen LogP contribution in [-0.2, 0) is 28.6 Å². The first-order valence-electron chi connectivity index (χ1n) is 26.8. The zero-order chi connectivity index (χ0) is 44.4. The molecule has 0 aromatic rings. The van der Waals surface area contributed by atoms with E-state index in [9.17, 15) is 14.4 Å². The van der Waals surface area contributed by atoms with E-state index >= 15 is 0 Å². The summed E-state index contributed by atoms with van der Waals surface area (Å²) < 4.78 is 16.8. The largest absolute Gasteiger partial charge is 0.462 e. The average Bonchev–Trinajstić information content (AvgIpc) is 3.26. The highest BCUT2D eigenvalue weighted by molar-refractivity contribution is 5.71. The van der Waals surface area contributed by atoms with Crippen molar-refractivity contribution in [3.63, 3.8) is 0 Å². The molecule has 0 amide bonds. The summed E-state index contributed by atoms with van der Waals surface area (Å²) in [5.41, 5.74) is 0. The third kappa shape index (κ3) is 48.8. The number of unbranched alkanes of at least 4 members (excludes halogenated alkanes) is 34. The monoisotopic (exact) mass is 859 g/mol. The summed E-state index contributed by atoms with van der Waals surface area (Å²) in [6.45, 7) is 6.64. The number of carbonyl (C=O) groups is 3. The van der Waals surface area contributed by atoms with Crippen LogP contribution in [0.2, 0.25) is 0 Å². The second-order valence-electron chi connectivity index (χ2n) is 18.2. The van der Waals surface area contributed by atoms with Gasteiger partial charge in [-0.2, -0.15) is 0 Å². The SMILES string of the molecule is CCCCCC/C=C\C/C=C\CCCCCCCC(=O)OCC(COC(=O)CCCCCCCCCCCCCC)OC(=O)CCCCCCCCCCCCCCCCC. The van der Waals surface area contributed by atoms with Crippen molar-refractivity contribution in [1.29, 1.82) is 0 Å². The summed E-state index contributed by atoms with van der Waals surface area (Å²) in [4.78, 5) is 38.0. The number of esters is 3. The summed E-state index contributed by atoms with van der Waals surface area (Å²) >= 11 is 0. The lowest BCUT2D eigenvalue weighted by atomic mass is 10.0. The molecule has 0 saturated heterocycles. The Morgan fingerprint density at radius 3 is 0.918 bits per heavy atom. The highest BCUT2D eigenvalue weighted by Crippen LogP contribution is 2.16. The first-order chi connectivity index (χ1) is 30.0. The maximum Gasteiger partial charge on any atom is 0.306 e. The summed E-state index contributed by atoms with van der Waals surface area (Å²) in [6, 6.07) is 0. The number of rotatable bonds is 49. The van der Waals surface area contributed by atoms with Crippen LogP contribution < -0.4 is 0 Å². The maximum absolute atomic E-state index is 12.8. The third-order valence-corrected chi connectivity index (χ3v) is 12.0. The number of carbonyl (C=O) groups excluding carboxylic acids is 3. The van der Waals surface area contributed by atoms with Crippen LogP contribution >= 0.6 is 0 Å². The first-order valence-corrected chi connectivity index (χ1v) is 26.8. The number of allylic oxidation sites excluding steroid dienone is 4. The maximum atomic E-state index is 12.8. The van der Waals surface area contributed by atoms with Crippen LogP contribution in [0.3, 0.4) is 0 Å². The molecule has 0 spiro atoms. The van der Waals surface area contributed by atoms with Crippen LogP contribution in [0.5, 0.6) is 0 Å². The van der Waals surface area contributed by atoms with E-state index in [1.54, 1.807) is 0 Å². The third-order valence-electron chi connectivity index (χ3n) is 12.0. The van der Waals surface area contributed by atoms with Gasteiger partial charge in [0.1, 0.15) is 13.2 Å². The van der Waals surface area contributed by atoms with Gasteiger partial charge in [-0.15, -0.1) is 0 Å². The van der Waals surface area contributed by atoms with E-state index in [-0.39, 0.29) is 31.1 Å². The molecule has 61 heavy (non-hydrogen) atoms. The van der Waals surface area contributed by atoms with Crippen molar-refractivity contribution < 1.29 is 28.6 Å². The summed E-state index contributed by atoms with van der Waals surface area (Å²) in [5.74, 6) is -0.869. The fraction of sp³-hybridized carbons (Fsp3) is 0.873. The lowest BCUT2D eigenvalue weighted by molar-refractivity contribution is -0.167. The van der Waals surface area contributed by atoms with Gasteiger partial charge in [0, 0.05) is 19.3 Å². The van der Waals surface area contributed by atoms with Gasteiger partial charge in [0.2, 0.25) is 0 Å². The van der Waals surface area contributed by atoms with Crippen LogP contribution in [0, 0.1) is 0 Å². The van der Waals surface area contributed by atoms with Gasteiger partial charge in [-0.1, -0.05) is 244 Å². The standard InChI is InChI=1S/C55H102O6/c1-4-7-10-13-16-19-22-25-27-29-30-33-36-39-42-45-48-54(57)60-51-52(50-59-53(56)47-44-41-38-35-32-24-21-18-15-12-9-6-3)61-55(58)49-46-43-40-37-34-31-28-26-23-20-17-14-11-8-5-2/h19,22,27,29,52H,4-18,20-21,23-26,28,30-51H2,1-3H3/b22-19-,29-27-. The van der Waals surface area contributed by atoms with Crippen molar-refractivity contribution in [1.82, 2.24) is 0 Å². The Labute approximate surface area is 379 Å². The number of hydrogen-bond donors (Lipinski definition) is 0. The molecule has 1 unspecified atom stereocenters.